The molecule has 1 aromatic rings. The molecule has 0 radical (unpaired) electrons. The van der Waals surface area contributed by atoms with Crippen molar-refractivity contribution >= 4 is 15.9 Å². The molecule has 0 heterocycles. The number of nitrogens with one attached hydrogen (secondary N) is 1. The fraction of sp³-hybridized carbons (Fsp3) is 0.571. The van der Waals surface area contributed by atoms with Crippen molar-refractivity contribution in [2.45, 2.75) is 19.4 Å². The third-order valence-corrected chi connectivity index (χ3v) is 4.37. The van der Waals surface area contributed by atoms with E-state index in [-0.39, 0.29) is 0 Å². The van der Waals surface area contributed by atoms with Gasteiger partial charge in [0, 0.05) is 11.6 Å². The van der Waals surface area contributed by atoms with Crippen molar-refractivity contribution in [3.63, 3.8) is 0 Å². The van der Waals surface area contributed by atoms with Crippen molar-refractivity contribution in [3.8, 4) is 11.5 Å². The Kier molecular flexibility index (Phi) is 4.17. The lowest BCUT2D eigenvalue weighted by Crippen LogP contribution is -2.20. The van der Waals surface area contributed by atoms with Crippen LogP contribution in [0, 0.1) is 11.8 Å². The van der Waals surface area contributed by atoms with E-state index in [0.717, 1.165) is 21.9 Å². The van der Waals surface area contributed by atoms with Crippen LogP contribution in [0.5, 0.6) is 11.5 Å². The highest BCUT2D eigenvalue weighted by Gasteiger charge is 2.40. The van der Waals surface area contributed by atoms with Gasteiger partial charge in [-0.2, -0.15) is 0 Å². The van der Waals surface area contributed by atoms with Gasteiger partial charge in [0.1, 0.15) is 11.5 Å². The number of hydrogen-bond acceptors (Lipinski definition) is 3. The summed E-state index contributed by atoms with van der Waals surface area (Å²) in [6.45, 7) is 2.29. The SMILES string of the molecule is CNC(c1cc(OC)c(Br)cc1OC)C1CC1C. The first-order valence-electron chi connectivity index (χ1n) is 6.21. The van der Waals surface area contributed by atoms with E-state index in [0.29, 0.717) is 12.0 Å². The van der Waals surface area contributed by atoms with Gasteiger partial charge in [0.25, 0.3) is 0 Å². The van der Waals surface area contributed by atoms with Gasteiger partial charge in [-0.15, -0.1) is 0 Å². The third kappa shape index (κ3) is 2.50. The number of rotatable bonds is 5. The number of methoxy groups -OCH3 is 2. The molecule has 0 aliphatic heterocycles. The van der Waals surface area contributed by atoms with Crippen LogP contribution in [0.15, 0.2) is 16.6 Å². The lowest BCUT2D eigenvalue weighted by molar-refractivity contribution is 0.383. The van der Waals surface area contributed by atoms with Crippen molar-refractivity contribution < 1.29 is 9.47 Å². The van der Waals surface area contributed by atoms with Gasteiger partial charge in [0.2, 0.25) is 0 Å². The van der Waals surface area contributed by atoms with Crippen LogP contribution in [0.25, 0.3) is 0 Å². The van der Waals surface area contributed by atoms with Gasteiger partial charge >= 0.3 is 0 Å². The number of ether oxygens (including phenoxy) is 2. The molecular weight excluding hydrogens is 294 g/mol. The molecule has 2 rings (SSSR count). The lowest BCUT2D eigenvalue weighted by Gasteiger charge is -2.21. The zero-order valence-electron chi connectivity index (χ0n) is 11.3. The molecule has 4 heteroatoms. The zero-order valence-corrected chi connectivity index (χ0v) is 12.9. The third-order valence-electron chi connectivity index (χ3n) is 3.75. The topological polar surface area (TPSA) is 30.5 Å². The maximum Gasteiger partial charge on any atom is 0.133 e. The van der Waals surface area contributed by atoms with E-state index in [4.69, 9.17) is 9.47 Å². The van der Waals surface area contributed by atoms with Crippen LogP contribution in [-0.2, 0) is 0 Å². The van der Waals surface area contributed by atoms with Crippen LogP contribution in [0.4, 0.5) is 0 Å². The van der Waals surface area contributed by atoms with Crippen LogP contribution < -0.4 is 14.8 Å². The average molecular weight is 314 g/mol. The molecule has 0 spiro atoms. The Bertz CT molecular complexity index is 436. The molecule has 0 aromatic heterocycles. The van der Waals surface area contributed by atoms with Crippen LogP contribution in [0.3, 0.4) is 0 Å². The number of hydrogen-bond donors (Lipinski definition) is 1. The Morgan fingerprint density at radius 1 is 1.28 bits per heavy atom. The fourth-order valence-corrected chi connectivity index (χ4v) is 3.03. The molecule has 0 bridgehead atoms. The second kappa shape index (κ2) is 5.49. The number of halogens is 1. The van der Waals surface area contributed by atoms with Crippen LogP contribution >= 0.6 is 15.9 Å². The monoisotopic (exact) mass is 313 g/mol. The van der Waals surface area contributed by atoms with E-state index in [9.17, 15) is 0 Å². The summed E-state index contributed by atoms with van der Waals surface area (Å²) in [6, 6.07) is 4.37. The lowest BCUT2D eigenvalue weighted by atomic mass is 10.00. The van der Waals surface area contributed by atoms with Crippen LogP contribution in [0.2, 0.25) is 0 Å². The normalized spacial score (nSPS) is 23.6. The number of benzene rings is 1. The minimum absolute atomic E-state index is 0.331. The van der Waals surface area contributed by atoms with E-state index in [1.54, 1.807) is 14.2 Å². The first-order chi connectivity index (χ1) is 8.62. The molecule has 100 valence electrons. The predicted octanol–water partition coefficient (Wildman–Crippen LogP) is 3.38. The van der Waals surface area contributed by atoms with Crippen molar-refractivity contribution in [2.75, 3.05) is 21.3 Å². The van der Waals surface area contributed by atoms with Gasteiger partial charge in [0.15, 0.2) is 0 Å². The quantitative estimate of drug-likeness (QED) is 0.904. The van der Waals surface area contributed by atoms with Gasteiger partial charge in [-0.1, -0.05) is 6.92 Å². The van der Waals surface area contributed by atoms with E-state index >= 15 is 0 Å². The maximum atomic E-state index is 5.50. The molecule has 1 aromatic carbocycles. The van der Waals surface area contributed by atoms with Crippen LogP contribution in [-0.4, -0.2) is 21.3 Å². The Labute approximate surface area is 117 Å². The highest BCUT2D eigenvalue weighted by Crippen LogP contribution is 2.49. The van der Waals surface area contributed by atoms with Crippen molar-refractivity contribution in [1.29, 1.82) is 0 Å². The summed E-state index contributed by atoms with van der Waals surface area (Å²) in [5.74, 6) is 3.22. The Balaban J connectivity index is 2.40. The summed E-state index contributed by atoms with van der Waals surface area (Å²) in [5.41, 5.74) is 1.18. The largest absolute Gasteiger partial charge is 0.496 e. The maximum absolute atomic E-state index is 5.50. The Morgan fingerprint density at radius 3 is 2.33 bits per heavy atom. The molecule has 1 aliphatic rings. The summed E-state index contributed by atoms with van der Waals surface area (Å²) < 4.78 is 11.8. The first kappa shape index (κ1) is 13.7. The molecule has 1 fully saturated rings. The van der Waals surface area contributed by atoms with Gasteiger partial charge in [0.05, 0.1) is 18.7 Å². The van der Waals surface area contributed by atoms with Gasteiger partial charge in [-0.25, -0.2) is 0 Å². The van der Waals surface area contributed by atoms with Gasteiger partial charge in [-0.3, -0.25) is 0 Å². The van der Waals surface area contributed by atoms with Crippen molar-refractivity contribution in [1.82, 2.24) is 5.32 Å². The Morgan fingerprint density at radius 2 is 1.89 bits per heavy atom. The second-order valence-electron chi connectivity index (χ2n) is 4.87. The van der Waals surface area contributed by atoms with E-state index in [2.05, 4.69) is 34.2 Å². The molecule has 0 amide bonds. The molecule has 3 nitrogen and oxygen atoms in total. The fourth-order valence-electron chi connectivity index (χ4n) is 2.54. The second-order valence-corrected chi connectivity index (χ2v) is 5.73. The molecule has 0 saturated heterocycles. The van der Waals surface area contributed by atoms with E-state index < -0.39 is 0 Å². The van der Waals surface area contributed by atoms with E-state index in [1.807, 2.05) is 13.1 Å². The minimum Gasteiger partial charge on any atom is -0.496 e. The average Bonchev–Trinajstić information content (AvgIpc) is 3.08. The molecule has 1 aliphatic carbocycles. The summed E-state index contributed by atoms with van der Waals surface area (Å²) in [6.07, 6.45) is 1.27. The molecule has 18 heavy (non-hydrogen) atoms. The highest BCUT2D eigenvalue weighted by atomic mass is 79.9. The predicted molar refractivity (Wildman–Crippen MR) is 76.3 cm³/mol. The summed E-state index contributed by atoms with van der Waals surface area (Å²) >= 11 is 3.49. The van der Waals surface area contributed by atoms with E-state index in [1.165, 1.54) is 12.0 Å². The van der Waals surface area contributed by atoms with Gasteiger partial charge in [-0.05, 0) is 53.4 Å². The van der Waals surface area contributed by atoms with Crippen molar-refractivity contribution in [3.05, 3.63) is 22.2 Å². The minimum atomic E-state index is 0.331. The molecule has 3 unspecified atom stereocenters. The smallest absolute Gasteiger partial charge is 0.133 e. The molecule has 3 atom stereocenters. The zero-order chi connectivity index (χ0) is 13.3. The van der Waals surface area contributed by atoms with Crippen molar-refractivity contribution in [2.24, 2.45) is 11.8 Å². The molecule has 1 saturated carbocycles. The Hall–Kier alpha value is -0.740. The standard InChI is InChI=1S/C14H20BrNO2/c1-8-5-9(8)14(16-2)10-6-13(18-4)11(15)7-12(10)17-3/h6-9,14,16H,5H2,1-4H3. The molecule has 1 N–H and O–H groups in total. The molecular formula is C14H20BrNO2. The summed E-state index contributed by atoms with van der Waals surface area (Å²) in [7, 11) is 5.40. The highest BCUT2D eigenvalue weighted by molar-refractivity contribution is 9.10. The van der Waals surface area contributed by atoms with Crippen LogP contribution in [0.1, 0.15) is 24.9 Å². The van der Waals surface area contributed by atoms with Gasteiger partial charge < -0.3 is 14.8 Å². The summed E-state index contributed by atoms with van der Waals surface area (Å²) in [5, 5.41) is 3.41. The summed E-state index contributed by atoms with van der Waals surface area (Å²) in [4.78, 5) is 0. The first-order valence-corrected chi connectivity index (χ1v) is 7.00.